The lowest BCUT2D eigenvalue weighted by atomic mass is 9.94. The van der Waals surface area contributed by atoms with E-state index in [0.717, 1.165) is 31.8 Å². The van der Waals surface area contributed by atoms with Crippen molar-refractivity contribution < 1.29 is 4.79 Å². The molecule has 2 saturated heterocycles. The Labute approximate surface area is 110 Å². The molecule has 1 atom stereocenters. The molecular weight excluding hydrogens is 226 g/mol. The fourth-order valence-corrected chi connectivity index (χ4v) is 2.99. The maximum atomic E-state index is 11.7. The number of nitrogens with zero attached hydrogens (tertiary/aromatic N) is 1. The minimum absolute atomic E-state index is 0.224. The number of carbonyl (C=O) groups is 1. The number of nitrogens with one attached hydrogen (secondary N) is 2. The Morgan fingerprint density at radius 1 is 1.33 bits per heavy atom. The molecule has 2 heterocycles. The lowest BCUT2D eigenvalue weighted by Gasteiger charge is -2.28. The summed E-state index contributed by atoms with van der Waals surface area (Å²) in [6.07, 6.45) is 6.76. The fraction of sp³-hybridized carbons (Fsp3) is 0.929. The van der Waals surface area contributed by atoms with Crippen molar-refractivity contribution in [2.45, 2.75) is 44.6 Å². The Morgan fingerprint density at radius 3 is 2.78 bits per heavy atom. The molecule has 0 radical (unpaired) electrons. The van der Waals surface area contributed by atoms with Gasteiger partial charge in [-0.1, -0.05) is 0 Å². The monoisotopic (exact) mass is 253 g/mol. The molecule has 2 N–H and O–H groups in total. The second-order valence-electron chi connectivity index (χ2n) is 5.88. The molecule has 0 aromatic heterocycles. The molecule has 0 bridgehead atoms. The molecule has 4 nitrogen and oxygen atoms in total. The summed E-state index contributed by atoms with van der Waals surface area (Å²) in [5.41, 5.74) is 0. The Bertz CT molecular complexity index is 256. The minimum Gasteiger partial charge on any atom is -0.356 e. The Balaban J connectivity index is 1.53. The van der Waals surface area contributed by atoms with Crippen LogP contribution in [0.4, 0.5) is 0 Å². The van der Waals surface area contributed by atoms with Crippen LogP contribution in [-0.2, 0) is 4.79 Å². The summed E-state index contributed by atoms with van der Waals surface area (Å²) >= 11 is 0. The standard InChI is InChI=1S/C14H27N3O/c1-17-9-5-12(6-10-17)4-8-16-14(18)11-13-3-2-7-15-13/h12-13,15H,2-11H2,1H3,(H,16,18). The number of hydrogen-bond donors (Lipinski definition) is 2. The van der Waals surface area contributed by atoms with Crippen LogP contribution < -0.4 is 10.6 Å². The zero-order valence-electron chi connectivity index (χ0n) is 11.6. The van der Waals surface area contributed by atoms with E-state index in [1.807, 2.05) is 0 Å². The van der Waals surface area contributed by atoms with Crippen molar-refractivity contribution in [3.05, 3.63) is 0 Å². The zero-order valence-corrected chi connectivity index (χ0v) is 11.6. The van der Waals surface area contributed by atoms with Gasteiger partial charge in [-0.15, -0.1) is 0 Å². The van der Waals surface area contributed by atoms with Crippen molar-refractivity contribution in [3.8, 4) is 0 Å². The first kappa shape index (κ1) is 13.8. The number of likely N-dealkylation sites (tertiary alicyclic amines) is 1. The molecule has 104 valence electrons. The molecule has 0 aliphatic carbocycles. The molecule has 0 spiro atoms. The van der Waals surface area contributed by atoms with Gasteiger partial charge in [-0.3, -0.25) is 4.79 Å². The summed E-state index contributed by atoms with van der Waals surface area (Å²) in [5.74, 6) is 1.04. The number of hydrogen-bond acceptors (Lipinski definition) is 3. The maximum absolute atomic E-state index is 11.7. The summed E-state index contributed by atoms with van der Waals surface area (Å²) in [6, 6.07) is 0.424. The van der Waals surface area contributed by atoms with Gasteiger partial charge in [0.2, 0.25) is 5.91 Å². The fourth-order valence-electron chi connectivity index (χ4n) is 2.99. The van der Waals surface area contributed by atoms with Crippen LogP contribution in [0.5, 0.6) is 0 Å². The van der Waals surface area contributed by atoms with Gasteiger partial charge in [0.25, 0.3) is 0 Å². The van der Waals surface area contributed by atoms with Crippen LogP contribution >= 0.6 is 0 Å². The summed E-state index contributed by atoms with van der Waals surface area (Å²) in [5, 5.41) is 6.44. The average Bonchev–Trinajstić information content (AvgIpc) is 2.84. The molecule has 4 heteroatoms. The molecular formula is C14H27N3O. The van der Waals surface area contributed by atoms with Gasteiger partial charge < -0.3 is 15.5 Å². The smallest absolute Gasteiger partial charge is 0.221 e. The van der Waals surface area contributed by atoms with Gasteiger partial charge in [-0.05, 0) is 64.7 Å². The highest BCUT2D eigenvalue weighted by molar-refractivity contribution is 5.76. The molecule has 1 unspecified atom stereocenters. The first-order chi connectivity index (χ1) is 8.74. The van der Waals surface area contributed by atoms with Crippen LogP contribution in [0.2, 0.25) is 0 Å². The van der Waals surface area contributed by atoms with Gasteiger partial charge in [0.15, 0.2) is 0 Å². The number of amides is 1. The normalized spacial score (nSPS) is 26.4. The lowest BCUT2D eigenvalue weighted by Crippen LogP contribution is -2.34. The van der Waals surface area contributed by atoms with Crippen molar-refractivity contribution in [1.82, 2.24) is 15.5 Å². The van der Waals surface area contributed by atoms with E-state index in [-0.39, 0.29) is 5.91 Å². The first-order valence-corrected chi connectivity index (χ1v) is 7.42. The van der Waals surface area contributed by atoms with Gasteiger partial charge in [-0.25, -0.2) is 0 Å². The Hall–Kier alpha value is -0.610. The molecule has 2 aliphatic heterocycles. The lowest BCUT2D eigenvalue weighted by molar-refractivity contribution is -0.121. The van der Waals surface area contributed by atoms with Crippen molar-refractivity contribution >= 4 is 5.91 Å². The van der Waals surface area contributed by atoms with E-state index in [1.165, 1.54) is 32.4 Å². The van der Waals surface area contributed by atoms with Crippen LogP contribution in [0, 0.1) is 5.92 Å². The second-order valence-corrected chi connectivity index (χ2v) is 5.88. The number of carbonyl (C=O) groups excluding carboxylic acids is 1. The Kier molecular flexibility index (Phi) is 5.45. The molecule has 2 rings (SSSR count). The van der Waals surface area contributed by atoms with Crippen molar-refractivity contribution in [2.75, 3.05) is 33.2 Å². The van der Waals surface area contributed by atoms with E-state index in [4.69, 9.17) is 0 Å². The van der Waals surface area contributed by atoms with Gasteiger partial charge in [-0.2, -0.15) is 0 Å². The quantitative estimate of drug-likeness (QED) is 0.767. The highest BCUT2D eigenvalue weighted by Crippen LogP contribution is 2.18. The van der Waals surface area contributed by atoms with Crippen molar-refractivity contribution in [3.63, 3.8) is 0 Å². The van der Waals surface area contributed by atoms with E-state index in [9.17, 15) is 4.79 Å². The SMILES string of the molecule is CN1CCC(CCNC(=O)CC2CCCN2)CC1. The maximum Gasteiger partial charge on any atom is 0.221 e. The molecule has 2 fully saturated rings. The van der Waals surface area contributed by atoms with E-state index in [1.54, 1.807) is 0 Å². The third-order valence-corrected chi connectivity index (χ3v) is 4.31. The van der Waals surface area contributed by atoms with Crippen LogP contribution in [0.15, 0.2) is 0 Å². The summed E-state index contributed by atoms with van der Waals surface area (Å²) in [6.45, 7) is 4.36. The topological polar surface area (TPSA) is 44.4 Å². The summed E-state index contributed by atoms with van der Waals surface area (Å²) in [4.78, 5) is 14.1. The third-order valence-electron chi connectivity index (χ3n) is 4.31. The van der Waals surface area contributed by atoms with E-state index < -0.39 is 0 Å². The van der Waals surface area contributed by atoms with Gasteiger partial charge in [0.1, 0.15) is 0 Å². The van der Waals surface area contributed by atoms with Gasteiger partial charge >= 0.3 is 0 Å². The van der Waals surface area contributed by atoms with Crippen LogP contribution in [0.3, 0.4) is 0 Å². The van der Waals surface area contributed by atoms with Crippen molar-refractivity contribution in [1.29, 1.82) is 0 Å². The predicted octanol–water partition coefficient (Wildman–Crippen LogP) is 0.977. The first-order valence-electron chi connectivity index (χ1n) is 7.42. The van der Waals surface area contributed by atoms with Crippen LogP contribution in [0.1, 0.15) is 38.5 Å². The van der Waals surface area contributed by atoms with Crippen molar-refractivity contribution in [2.24, 2.45) is 5.92 Å². The van der Waals surface area contributed by atoms with E-state index in [2.05, 4.69) is 22.6 Å². The van der Waals surface area contributed by atoms with E-state index in [0.29, 0.717) is 12.5 Å². The van der Waals surface area contributed by atoms with Gasteiger partial charge in [0, 0.05) is 19.0 Å². The molecule has 0 saturated carbocycles. The number of rotatable bonds is 5. The van der Waals surface area contributed by atoms with E-state index >= 15 is 0 Å². The predicted molar refractivity (Wildman–Crippen MR) is 73.5 cm³/mol. The molecule has 18 heavy (non-hydrogen) atoms. The van der Waals surface area contributed by atoms with Crippen LogP contribution in [-0.4, -0.2) is 50.1 Å². The molecule has 0 aromatic rings. The highest BCUT2D eigenvalue weighted by Gasteiger charge is 2.19. The minimum atomic E-state index is 0.224. The molecule has 0 aromatic carbocycles. The second kappa shape index (κ2) is 7.10. The molecule has 2 aliphatic rings. The van der Waals surface area contributed by atoms with Crippen LogP contribution in [0.25, 0.3) is 0 Å². The molecule has 1 amide bonds. The Morgan fingerprint density at radius 2 is 2.11 bits per heavy atom. The third kappa shape index (κ3) is 4.58. The highest BCUT2D eigenvalue weighted by atomic mass is 16.1. The largest absolute Gasteiger partial charge is 0.356 e. The average molecular weight is 253 g/mol. The summed E-state index contributed by atoms with van der Waals surface area (Å²) < 4.78 is 0. The number of piperidine rings is 1. The summed E-state index contributed by atoms with van der Waals surface area (Å²) in [7, 11) is 2.19. The zero-order chi connectivity index (χ0) is 12.8. The van der Waals surface area contributed by atoms with Gasteiger partial charge in [0.05, 0.1) is 0 Å².